The number of anilines is 2. The van der Waals surface area contributed by atoms with Gasteiger partial charge in [-0.15, -0.1) is 0 Å². The molecule has 2 rings (SSSR count). The van der Waals surface area contributed by atoms with Gasteiger partial charge in [0.2, 0.25) is 5.60 Å². The summed E-state index contributed by atoms with van der Waals surface area (Å²) in [6.07, 6.45) is -5.24. The van der Waals surface area contributed by atoms with E-state index in [1.165, 1.54) is 24.3 Å². The first-order chi connectivity index (χ1) is 15.2. The van der Waals surface area contributed by atoms with Crippen LogP contribution in [0.1, 0.15) is 17.3 Å². The maximum absolute atomic E-state index is 12.8. The number of amides is 2. The molecule has 0 aromatic heterocycles. The van der Waals surface area contributed by atoms with Gasteiger partial charge in [-0.1, -0.05) is 11.6 Å². The number of sulfonamides is 1. The minimum absolute atomic E-state index is 0.0537. The second-order valence-electron chi connectivity index (χ2n) is 6.83. The Bertz CT molecular complexity index is 1140. The largest absolute Gasteiger partial charge is 0.426 e. The Morgan fingerprint density at radius 2 is 1.70 bits per heavy atom. The number of nitrogens with one attached hydrogen (secondary N) is 3. The minimum Gasteiger partial charge on any atom is -0.395 e. The summed E-state index contributed by atoms with van der Waals surface area (Å²) in [6.45, 7) is 0.0784. The highest BCUT2D eigenvalue weighted by Gasteiger charge is 2.55. The molecular weight excluding hydrogens is 491 g/mol. The van der Waals surface area contributed by atoms with E-state index in [4.69, 9.17) is 16.7 Å². The van der Waals surface area contributed by atoms with Crippen molar-refractivity contribution in [3.63, 3.8) is 0 Å². The number of carbonyl (C=O) groups excluding carboxylic acids is 2. The van der Waals surface area contributed by atoms with Crippen LogP contribution in [0, 0.1) is 0 Å². The zero-order valence-corrected chi connectivity index (χ0v) is 18.5. The number of rotatable bonds is 8. The predicted molar refractivity (Wildman–Crippen MR) is 113 cm³/mol. The first kappa shape index (κ1) is 26.4. The highest BCUT2D eigenvalue weighted by atomic mass is 35.5. The van der Waals surface area contributed by atoms with Gasteiger partial charge >= 0.3 is 6.18 Å². The molecule has 5 N–H and O–H groups in total. The Morgan fingerprint density at radius 1 is 1.09 bits per heavy atom. The standard InChI is InChI=1S/C19H19ClF3N3O6S/c1-18(30,19(21,22)23)17(29)25-15-7-6-13(10-14(15)20)33(31,32)26-12-4-2-11(3-5-12)16(28)24-8-9-27/h2-7,10,26-27,30H,8-9H2,1H3,(H,24,28)(H,25,29). The molecule has 14 heteroatoms. The van der Waals surface area contributed by atoms with Gasteiger partial charge in [-0.2, -0.15) is 13.2 Å². The SMILES string of the molecule is CC(O)(C(=O)Nc1ccc(S(=O)(=O)Nc2ccc(C(=O)NCCO)cc2)cc1Cl)C(F)(F)F. The van der Waals surface area contributed by atoms with Crippen LogP contribution in [0.15, 0.2) is 47.4 Å². The van der Waals surface area contributed by atoms with Crippen LogP contribution in [0.3, 0.4) is 0 Å². The van der Waals surface area contributed by atoms with Gasteiger partial charge < -0.3 is 20.8 Å². The molecule has 0 bridgehead atoms. The van der Waals surface area contributed by atoms with Crippen molar-refractivity contribution in [2.75, 3.05) is 23.2 Å². The van der Waals surface area contributed by atoms with Crippen LogP contribution >= 0.6 is 11.6 Å². The third kappa shape index (κ3) is 6.35. The fraction of sp³-hybridized carbons (Fsp3) is 0.263. The molecule has 0 spiro atoms. The lowest BCUT2D eigenvalue weighted by Gasteiger charge is -2.25. The van der Waals surface area contributed by atoms with Crippen molar-refractivity contribution in [2.45, 2.75) is 23.6 Å². The molecule has 2 amide bonds. The fourth-order valence-electron chi connectivity index (χ4n) is 2.31. The van der Waals surface area contributed by atoms with Crippen LogP contribution in [0.25, 0.3) is 0 Å². The molecule has 1 atom stereocenters. The first-order valence-electron chi connectivity index (χ1n) is 9.11. The summed E-state index contributed by atoms with van der Waals surface area (Å²) in [5.74, 6) is -2.26. The van der Waals surface area contributed by atoms with E-state index in [1.54, 1.807) is 0 Å². The molecule has 2 aromatic carbocycles. The molecule has 0 aliphatic carbocycles. The lowest BCUT2D eigenvalue weighted by Crippen LogP contribution is -2.52. The van der Waals surface area contributed by atoms with E-state index in [-0.39, 0.29) is 46.9 Å². The van der Waals surface area contributed by atoms with Crippen LogP contribution in [-0.4, -0.2) is 55.4 Å². The molecule has 0 aliphatic heterocycles. The average Bonchev–Trinajstić information content (AvgIpc) is 2.72. The Hall–Kier alpha value is -2.87. The van der Waals surface area contributed by atoms with E-state index < -0.39 is 33.6 Å². The van der Waals surface area contributed by atoms with Gasteiger partial charge in [0.05, 0.1) is 22.2 Å². The molecule has 180 valence electrons. The van der Waals surface area contributed by atoms with Gasteiger partial charge in [0, 0.05) is 17.8 Å². The summed E-state index contributed by atoms with van der Waals surface area (Å²) in [4.78, 5) is 23.2. The topological polar surface area (TPSA) is 145 Å². The molecule has 1 unspecified atom stereocenters. The van der Waals surface area contributed by atoms with Crippen LogP contribution in [0.5, 0.6) is 0 Å². The van der Waals surface area contributed by atoms with E-state index >= 15 is 0 Å². The quantitative estimate of drug-likeness (QED) is 0.368. The molecule has 9 nitrogen and oxygen atoms in total. The van der Waals surface area contributed by atoms with Crippen molar-refractivity contribution in [1.29, 1.82) is 0 Å². The summed E-state index contributed by atoms with van der Waals surface area (Å²) in [6, 6.07) is 8.20. The highest BCUT2D eigenvalue weighted by molar-refractivity contribution is 7.92. The zero-order valence-electron chi connectivity index (χ0n) is 16.9. The number of halogens is 4. The molecule has 0 heterocycles. The minimum atomic E-state index is -5.24. The van der Waals surface area contributed by atoms with E-state index in [0.717, 1.165) is 18.2 Å². The predicted octanol–water partition coefficient (Wildman–Crippen LogP) is 2.11. The number of hydrogen-bond donors (Lipinski definition) is 5. The van der Waals surface area contributed by atoms with Crippen molar-refractivity contribution >= 4 is 44.8 Å². The molecule has 33 heavy (non-hydrogen) atoms. The van der Waals surface area contributed by atoms with Gasteiger partial charge in [0.25, 0.3) is 21.8 Å². The molecular formula is C19H19ClF3N3O6S. The van der Waals surface area contributed by atoms with Crippen molar-refractivity contribution in [3.8, 4) is 0 Å². The fourth-order valence-corrected chi connectivity index (χ4v) is 3.69. The normalized spacial score (nSPS) is 13.7. The summed E-state index contributed by atoms with van der Waals surface area (Å²) < 4.78 is 65.7. The van der Waals surface area contributed by atoms with E-state index in [9.17, 15) is 36.3 Å². The van der Waals surface area contributed by atoms with Crippen LogP contribution in [-0.2, 0) is 14.8 Å². The third-order valence-electron chi connectivity index (χ3n) is 4.29. The molecule has 0 radical (unpaired) electrons. The zero-order chi connectivity index (χ0) is 25.0. The van der Waals surface area contributed by atoms with E-state index in [0.29, 0.717) is 0 Å². The van der Waals surface area contributed by atoms with Crippen LogP contribution in [0.4, 0.5) is 24.5 Å². The van der Waals surface area contributed by atoms with Gasteiger partial charge in [0.1, 0.15) is 0 Å². The van der Waals surface area contributed by atoms with Crippen molar-refractivity contribution in [2.24, 2.45) is 0 Å². The van der Waals surface area contributed by atoms with Gasteiger partial charge in [-0.25, -0.2) is 8.42 Å². The third-order valence-corrected chi connectivity index (χ3v) is 5.98. The molecule has 0 saturated carbocycles. The summed E-state index contributed by atoms with van der Waals surface area (Å²) in [5, 5.41) is 22.0. The maximum Gasteiger partial charge on any atom is 0.426 e. The second-order valence-corrected chi connectivity index (χ2v) is 8.92. The van der Waals surface area contributed by atoms with Crippen molar-refractivity contribution < 1.29 is 41.4 Å². The van der Waals surface area contributed by atoms with Gasteiger partial charge in [0.15, 0.2) is 0 Å². The number of hydrogen-bond acceptors (Lipinski definition) is 6. The number of aliphatic hydroxyl groups is 2. The van der Waals surface area contributed by atoms with Crippen LogP contribution in [0.2, 0.25) is 5.02 Å². The number of alkyl halides is 3. The lowest BCUT2D eigenvalue weighted by atomic mass is 10.1. The Morgan fingerprint density at radius 3 is 2.21 bits per heavy atom. The molecule has 0 fully saturated rings. The highest BCUT2D eigenvalue weighted by Crippen LogP contribution is 2.33. The van der Waals surface area contributed by atoms with Crippen molar-refractivity contribution in [1.82, 2.24) is 5.32 Å². The second kappa shape index (κ2) is 9.95. The maximum atomic E-state index is 12.8. The molecule has 2 aromatic rings. The summed E-state index contributed by atoms with van der Waals surface area (Å²) in [5.41, 5.74) is -3.71. The monoisotopic (exact) mass is 509 g/mol. The summed E-state index contributed by atoms with van der Waals surface area (Å²) >= 11 is 5.91. The summed E-state index contributed by atoms with van der Waals surface area (Å²) in [7, 11) is -4.19. The Labute approximate surface area is 191 Å². The van der Waals surface area contributed by atoms with E-state index in [2.05, 4.69) is 10.0 Å². The molecule has 0 saturated heterocycles. The van der Waals surface area contributed by atoms with Gasteiger partial charge in [-0.3, -0.25) is 14.3 Å². The average molecular weight is 510 g/mol. The lowest BCUT2D eigenvalue weighted by molar-refractivity contribution is -0.242. The Balaban J connectivity index is 2.16. The first-order valence-corrected chi connectivity index (χ1v) is 11.0. The van der Waals surface area contributed by atoms with Crippen LogP contribution < -0.4 is 15.4 Å². The molecule has 0 aliphatic rings. The van der Waals surface area contributed by atoms with E-state index in [1.807, 2.05) is 5.32 Å². The number of benzene rings is 2. The number of aliphatic hydroxyl groups excluding tert-OH is 1. The smallest absolute Gasteiger partial charge is 0.395 e. The van der Waals surface area contributed by atoms with Crippen molar-refractivity contribution in [3.05, 3.63) is 53.1 Å². The number of carbonyl (C=O) groups is 2. The van der Waals surface area contributed by atoms with Gasteiger partial charge in [-0.05, 0) is 49.4 Å². The Kier molecular flexibility index (Phi) is 7.96.